The molecular weight excluding hydrogens is 315 g/mol. The van der Waals surface area contributed by atoms with Crippen molar-refractivity contribution < 1.29 is 9.05 Å². The molecule has 0 aliphatic carbocycles. The molecule has 0 aliphatic rings. The molecule has 2 nitrogen and oxygen atoms in total. The van der Waals surface area contributed by atoms with E-state index in [0.717, 1.165) is 11.5 Å². The summed E-state index contributed by atoms with van der Waals surface area (Å²) in [6.45, 7) is 8.64. The Morgan fingerprint density at radius 3 is 1.27 bits per heavy atom. The van der Waals surface area contributed by atoms with Crippen LogP contribution in [-0.2, 0) is 0 Å². The third kappa shape index (κ3) is 4.90. The van der Waals surface area contributed by atoms with Gasteiger partial charge in [-0.15, -0.1) is 0 Å². The third-order valence-corrected chi connectivity index (χ3v) is 4.57. The van der Waals surface area contributed by atoms with Crippen LogP contribution in [0.1, 0.15) is 50.7 Å². The van der Waals surface area contributed by atoms with Crippen LogP contribution in [0.2, 0.25) is 0 Å². The van der Waals surface area contributed by atoms with E-state index < -0.39 is 7.73 Å². The third-order valence-electron chi connectivity index (χ3n) is 3.45. The monoisotopic (exact) mass is 336 g/mol. The highest BCUT2D eigenvalue weighted by Gasteiger charge is 2.12. The Morgan fingerprint density at radius 2 is 1.00 bits per heavy atom. The van der Waals surface area contributed by atoms with Gasteiger partial charge in [-0.1, -0.05) is 52.0 Å². The lowest BCUT2D eigenvalue weighted by atomic mass is 10.0. The molecule has 0 saturated carbocycles. The number of rotatable bonds is 6. The van der Waals surface area contributed by atoms with E-state index in [1.165, 1.54) is 11.1 Å². The predicted molar refractivity (Wildman–Crippen MR) is 95.1 cm³/mol. The Hall–Kier alpha value is -1.24. The van der Waals surface area contributed by atoms with Gasteiger partial charge in [-0.3, -0.25) is 0 Å². The predicted octanol–water partition coefficient (Wildman–Crippen LogP) is 6.86. The molecule has 4 heteroatoms. The first-order chi connectivity index (χ1) is 10.5. The van der Waals surface area contributed by atoms with Crippen molar-refractivity contribution in [2.24, 2.45) is 0 Å². The maximum absolute atomic E-state index is 6.17. The summed E-state index contributed by atoms with van der Waals surface area (Å²) in [6.07, 6.45) is 0. The molecule has 0 N–H and O–H groups in total. The smallest absolute Gasteiger partial charge is 0.401 e. The molecule has 0 fully saturated rings. The molecule has 0 unspecified atom stereocenters. The van der Waals surface area contributed by atoms with Crippen molar-refractivity contribution in [2.45, 2.75) is 39.5 Å². The summed E-state index contributed by atoms with van der Waals surface area (Å²) in [7, 11) is -1.51. The Balaban J connectivity index is 1.93. The lowest BCUT2D eigenvalue weighted by Crippen LogP contribution is -1.92. The molecule has 0 heterocycles. The number of hydrogen-bond acceptors (Lipinski definition) is 2. The molecule has 0 aliphatic heterocycles. The van der Waals surface area contributed by atoms with Gasteiger partial charge in [-0.2, -0.15) is 0 Å². The molecule has 2 rings (SSSR count). The minimum Gasteiger partial charge on any atom is -0.427 e. The lowest BCUT2D eigenvalue weighted by molar-refractivity contribution is 0.507. The zero-order chi connectivity index (χ0) is 16.1. The summed E-state index contributed by atoms with van der Waals surface area (Å²) >= 11 is 6.17. The molecule has 0 amide bonds. The number of halogens is 1. The largest absolute Gasteiger partial charge is 0.427 e. The fourth-order valence-corrected chi connectivity index (χ4v) is 3.10. The van der Waals surface area contributed by atoms with E-state index in [-0.39, 0.29) is 0 Å². The van der Waals surface area contributed by atoms with E-state index in [1.807, 2.05) is 24.3 Å². The fraction of sp³-hybridized carbons (Fsp3) is 0.333. The molecule has 2 aromatic carbocycles. The maximum atomic E-state index is 6.17. The highest BCUT2D eigenvalue weighted by Crippen LogP contribution is 2.44. The molecular formula is C18H22ClO2P. The van der Waals surface area contributed by atoms with Crippen molar-refractivity contribution in [1.82, 2.24) is 0 Å². The Bertz CT molecular complexity index is 526. The molecule has 0 bridgehead atoms. The summed E-state index contributed by atoms with van der Waals surface area (Å²) in [4.78, 5) is 0. The molecule has 0 spiro atoms. The van der Waals surface area contributed by atoms with Crippen LogP contribution in [0.4, 0.5) is 0 Å². The van der Waals surface area contributed by atoms with Crippen molar-refractivity contribution in [3.05, 3.63) is 59.7 Å². The van der Waals surface area contributed by atoms with E-state index in [9.17, 15) is 0 Å². The van der Waals surface area contributed by atoms with E-state index >= 15 is 0 Å². The average Bonchev–Trinajstić information content (AvgIpc) is 2.48. The SMILES string of the molecule is CC(C)c1ccc(OP(Cl)Oc2ccc(C(C)C)cc2)cc1. The van der Waals surface area contributed by atoms with E-state index in [4.69, 9.17) is 20.3 Å². The standard InChI is InChI=1S/C18H22ClO2P/c1-13(2)15-5-9-17(10-6-15)20-22(19)21-18-11-7-16(8-12-18)14(3)4/h5-14H,1-4H3. The summed E-state index contributed by atoms with van der Waals surface area (Å²) in [5.74, 6) is 2.46. The van der Waals surface area contributed by atoms with E-state index in [2.05, 4.69) is 52.0 Å². The van der Waals surface area contributed by atoms with Gasteiger partial charge < -0.3 is 9.05 Å². The highest BCUT2D eigenvalue weighted by molar-refractivity contribution is 7.76. The first-order valence-corrected chi connectivity index (χ1v) is 9.55. The Morgan fingerprint density at radius 1 is 0.682 bits per heavy atom. The van der Waals surface area contributed by atoms with Crippen LogP contribution in [0.15, 0.2) is 48.5 Å². The van der Waals surface area contributed by atoms with Crippen molar-refractivity contribution in [2.75, 3.05) is 0 Å². The summed E-state index contributed by atoms with van der Waals surface area (Å²) in [6, 6.07) is 15.9. The van der Waals surface area contributed by atoms with Crippen LogP contribution in [-0.4, -0.2) is 0 Å². The van der Waals surface area contributed by atoms with Gasteiger partial charge in [0.1, 0.15) is 11.5 Å². The summed E-state index contributed by atoms with van der Waals surface area (Å²) < 4.78 is 11.3. The van der Waals surface area contributed by atoms with Gasteiger partial charge in [0, 0.05) is 0 Å². The first kappa shape index (κ1) is 17.1. The zero-order valence-electron chi connectivity index (χ0n) is 13.4. The molecule has 0 atom stereocenters. The number of hydrogen-bond donors (Lipinski definition) is 0. The van der Waals surface area contributed by atoms with Gasteiger partial charge in [0.15, 0.2) is 0 Å². The van der Waals surface area contributed by atoms with Crippen LogP contribution >= 0.6 is 19.0 Å². The second-order valence-corrected chi connectivity index (χ2v) is 7.46. The van der Waals surface area contributed by atoms with E-state index in [0.29, 0.717) is 11.8 Å². The van der Waals surface area contributed by atoms with Crippen LogP contribution in [0.3, 0.4) is 0 Å². The highest BCUT2D eigenvalue weighted by atomic mass is 35.7. The second-order valence-electron chi connectivity index (χ2n) is 5.84. The van der Waals surface area contributed by atoms with Gasteiger partial charge >= 0.3 is 7.73 Å². The van der Waals surface area contributed by atoms with Crippen LogP contribution < -0.4 is 9.05 Å². The van der Waals surface area contributed by atoms with Crippen LogP contribution in [0, 0.1) is 0 Å². The fourth-order valence-electron chi connectivity index (χ4n) is 2.01. The zero-order valence-corrected chi connectivity index (χ0v) is 15.1. The first-order valence-electron chi connectivity index (χ1n) is 7.47. The van der Waals surface area contributed by atoms with Gasteiger partial charge in [-0.25, -0.2) is 0 Å². The normalized spacial score (nSPS) is 11.3. The lowest BCUT2D eigenvalue weighted by Gasteiger charge is -2.14. The molecule has 0 radical (unpaired) electrons. The van der Waals surface area contributed by atoms with E-state index in [1.54, 1.807) is 0 Å². The maximum Gasteiger partial charge on any atom is 0.401 e. The topological polar surface area (TPSA) is 18.5 Å². The molecule has 2 aromatic rings. The van der Waals surface area contributed by atoms with Gasteiger partial charge in [0.2, 0.25) is 0 Å². The Labute approximate surface area is 139 Å². The molecule has 22 heavy (non-hydrogen) atoms. The van der Waals surface area contributed by atoms with Crippen molar-refractivity contribution in [1.29, 1.82) is 0 Å². The van der Waals surface area contributed by atoms with Crippen molar-refractivity contribution in [3.63, 3.8) is 0 Å². The minimum absolute atomic E-state index is 0.502. The van der Waals surface area contributed by atoms with Gasteiger partial charge in [0.25, 0.3) is 0 Å². The second kappa shape index (κ2) is 7.85. The number of benzene rings is 2. The minimum atomic E-state index is -1.51. The average molecular weight is 337 g/mol. The summed E-state index contributed by atoms with van der Waals surface area (Å²) in [5.41, 5.74) is 2.55. The van der Waals surface area contributed by atoms with Crippen LogP contribution in [0.25, 0.3) is 0 Å². The molecule has 118 valence electrons. The van der Waals surface area contributed by atoms with Gasteiger partial charge in [0.05, 0.1) is 0 Å². The molecule has 0 aromatic heterocycles. The van der Waals surface area contributed by atoms with Crippen molar-refractivity contribution >= 4 is 19.0 Å². The quantitative estimate of drug-likeness (QED) is 0.536. The molecule has 0 saturated heterocycles. The Kier molecular flexibility index (Phi) is 6.11. The van der Waals surface area contributed by atoms with Crippen molar-refractivity contribution in [3.8, 4) is 11.5 Å². The van der Waals surface area contributed by atoms with Gasteiger partial charge in [-0.05, 0) is 58.5 Å². The summed E-state index contributed by atoms with van der Waals surface area (Å²) in [5, 5.41) is 0. The van der Waals surface area contributed by atoms with Crippen LogP contribution in [0.5, 0.6) is 11.5 Å².